The van der Waals surface area contributed by atoms with Crippen molar-refractivity contribution in [2.75, 3.05) is 26.0 Å². The third-order valence-corrected chi connectivity index (χ3v) is 7.16. The minimum atomic E-state index is -2.79. The van der Waals surface area contributed by atoms with Crippen molar-refractivity contribution in [1.82, 2.24) is 14.8 Å². The van der Waals surface area contributed by atoms with Gasteiger partial charge in [0.25, 0.3) is 5.91 Å². The Morgan fingerprint density at radius 2 is 2.27 bits per heavy atom. The van der Waals surface area contributed by atoms with Gasteiger partial charge in [0.15, 0.2) is 5.69 Å². The summed E-state index contributed by atoms with van der Waals surface area (Å²) in [6.45, 7) is 3.01. The van der Waals surface area contributed by atoms with Crippen LogP contribution in [0.1, 0.15) is 62.6 Å². The van der Waals surface area contributed by atoms with Crippen LogP contribution >= 0.6 is 10.8 Å². The second-order valence-corrected chi connectivity index (χ2v) is 9.40. The zero-order chi connectivity index (χ0) is 18.7. The average Bonchev–Trinajstić information content (AvgIpc) is 3.31. The molecule has 150 valence electrons. The zero-order valence-electron chi connectivity index (χ0n) is 15.4. The molecular formula is C17H31N3O5S. The molecule has 1 amide bonds. The highest BCUT2D eigenvalue weighted by atomic mass is 32.3. The molecule has 0 spiro atoms. The van der Waals surface area contributed by atoms with Crippen molar-refractivity contribution < 1.29 is 24.6 Å². The van der Waals surface area contributed by atoms with Crippen molar-refractivity contribution in [1.29, 1.82) is 0 Å². The molecule has 1 aromatic heterocycles. The van der Waals surface area contributed by atoms with Gasteiger partial charge in [0.2, 0.25) is 0 Å². The van der Waals surface area contributed by atoms with Crippen LogP contribution in [0.4, 0.5) is 0 Å². The Morgan fingerprint density at radius 1 is 1.50 bits per heavy atom. The van der Waals surface area contributed by atoms with Crippen molar-refractivity contribution in [3.63, 3.8) is 0 Å². The molecule has 9 heteroatoms. The van der Waals surface area contributed by atoms with Crippen LogP contribution in [0.15, 0.2) is 10.6 Å². The number of carbonyl (C=O) groups is 1. The van der Waals surface area contributed by atoms with Crippen LogP contribution in [0.3, 0.4) is 0 Å². The lowest BCUT2D eigenvalue weighted by Gasteiger charge is -2.49. The van der Waals surface area contributed by atoms with Crippen LogP contribution in [0.5, 0.6) is 0 Å². The highest BCUT2D eigenvalue weighted by molar-refractivity contribution is 8.22. The molecule has 0 bridgehead atoms. The van der Waals surface area contributed by atoms with E-state index in [4.69, 9.17) is 9.26 Å². The molecule has 1 aliphatic carbocycles. The molecule has 3 N–H and O–H groups in total. The van der Waals surface area contributed by atoms with Gasteiger partial charge in [-0.15, -0.1) is 10.8 Å². The van der Waals surface area contributed by atoms with Crippen molar-refractivity contribution in [2.24, 2.45) is 0 Å². The van der Waals surface area contributed by atoms with E-state index in [1.807, 2.05) is 6.92 Å². The lowest BCUT2D eigenvalue weighted by molar-refractivity contribution is 0.0903. The molecule has 2 aliphatic rings. The fraction of sp³-hybridized carbons (Fsp3) is 0.765. The Labute approximate surface area is 157 Å². The Bertz CT molecular complexity index is 625. The molecule has 1 saturated heterocycles. The fourth-order valence-corrected chi connectivity index (χ4v) is 5.25. The summed E-state index contributed by atoms with van der Waals surface area (Å²) in [5.74, 6) is 1.31. The number of carbonyl (C=O) groups excluding carboxylic acids is 1. The maximum absolute atomic E-state index is 12.4. The summed E-state index contributed by atoms with van der Waals surface area (Å²) < 4.78 is 32.9. The van der Waals surface area contributed by atoms with E-state index in [9.17, 15) is 13.9 Å². The zero-order valence-corrected chi connectivity index (χ0v) is 16.2. The van der Waals surface area contributed by atoms with E-state index >= 15 is 0 Å². The van der Waals surface area contributed by atoms with Gasteiger partial charge in [0, 0.05) is 45.8 Å². The second-order valence-electron chi connectivity index (χ2n) is 7.26. The number of rotatable bonds is 8. The highest BCUT2D eigenvalue weighted by Crippen LogP contribution is 2.47. The van der Waals surface area contributed by atoms with E-state index in [1.165, 1.54) is 0 Å². The molecule has 8 nitrogen and oxygen atoms in total. The van der Waals surface area contributed by atoms with E-state index in [1.54, 1.807) is 17.5 Å². The predicted molar refractivity (Wildman–Crippen MR) is 101 cm³/mol. The summed E-state index contributed by atoms with van der Waals surface area (Å²) in [7, 11) is -1.19. The normalized spacial score (nSPS) is 25.2. The summed E-state index contributed by atoms with van der Waals surface area (Å²) in [6.07, 6.45) is 4.15. The van der Waals surface area contributed by atoms with Crippen LogP contribution in [0, 0.1) is 0 Å². The van der Waals surface area contributed by atoms with Gasteiger partial charge in [-0.05, 0) is 39.0 Å². The molecule has 2 atom stereocenters. The third kappa shape index (κ3) is 4.77. The molecule has 1 aromatic rings. The van der Waals surface area contributed by atoms with Gasteiger partial charge >= 0.3 is 0 Å². The van der Waals surface area contributed by atoms with E-state index in [-0.39, 0.29) is 19.4 Å². The van der Waals surface area contributed by atoms with Crippen molar-refractivity contribution in [3.8, 4) is 0 Å². The molecule has 1 saturated carbocycles. The van der Waals surface area contributed by atoms with E-state index in [0.29, 0.717) is 49.8 Å². The number of aromatic nitrogens is 1. The Morgan fingerprint density at radius 3 is 2.92 bits per heavy atom. The average molecular weight is 390 g/mol. The van der Waals surface area contributed by atoms with E-state index in [2.05, 4.69) is 10.5 Å². The maximum atomic E-state index is 12.4. The first kappa shape index (κ1) is 19.6. The van der Waals surface area contributed by atoms with Crippen LogP contribution < -0.4 is 5.32 Å². The highest BCUT2D eigenvalue weighted by Gasteiger charge is 2.34. The Kier molecular flexibility index (Phi) is 6.24. The molecule has 3 rings (SSSR count). The van der Waals surface area contributed by atoms with Gasteiger partial charge in [-0.2, -0.15) is 0 Å². The van der Waals surface area contributed by atoms with Crippen molar-refractivity contribution in [3.05, 3.63) is 17.5 Å². The summed E-state index contributed by atoms with van der Waals surface area (Å²) in [5, 5.41) is 6.87. The van der Waals surface area contributed by atoms with Gasteiger partial charge in [0.05, 0.1) is 5.75 Å². The Hall–Kier alpha value is -1.13. The van der Waals surface area contributed by atoms with Gasteiger partial charge in [-0.25, -0.2) is 4.31 Å². The maximum Gasteiger partial charge on any atom is 0.273 e. The lowest BCUT2D eigenvalue weighted by Crippen LogP contribution is -2.49. The standard InChI is InChI=1S/C17H29N3O5S.H2/c1-12-10-14(6-7-20(12)26(22,23)9-3-8-24-2)18-17(21)15-11-16(25-19-15)13-4-5-13;/h11-14,22-23H,3-10H2,1-2H3,(H,18,21);1H/t12?,14-;/m0./s1. The predicted octanol–water partition coefficient (Wildman–Crippen LogP) is 3.08. The van der Waals surface area contributed by atoms with Crippen LogP contribution in [0.25, 0.3) is 0 Å². The third-order valence-electron chi connectivity index (χ3n) is 5.03. The molecule has 1 aliphatic heterocycles. The molecule has 2 fully saturated rings. The molecule has 2 heterocycles. The summed E-state index contributed by atoms with van der Waals surface area (Å²) >= 11 is 0. The van der Waals surface area contributed by atoms with Crippen molar-refractivity contribution >= 4 is 16.7 Å². The SMILES string of the molecule is COCCCS(O)(O)N1CC[C@H](NC(=O)c2cc(C3CC3)on2)CC1C.[HH]. The minimum absolute atomic E-state index is 0. The number of amides is 1. The summed E-state index contributed by atoms with van der Waals surface area (Å²) in [6, 6.07) is 1.70. The second kappa shape index (κ2) is 8.26. The molecule has 0 radical (unpaired) electrons. The molecular weight excluding hydrogens is 358 g/mol. The molecule has 26 heavy (non-hydrogen) atoms. The number of hydrogen-bond acceptors (Lipinski definition) is 7. The van der Waals surface area contributed by atoms with Gasteiger partial charge < -0.3 is 14.6 Å². The minimum Gasteiger partial charge on any atom is -0.385 e. The topological polar surface area (TPSA) is 108 Å². The van der Waals surface area contributed by atoms with Crippen molar-refractivity contribution in [2.45, 2.75) is 57.0 Å². The van der Waals surface area contributed by atoms with E-state index < -0.39 is 10.8 Å². The van der Waals surface area contributed by atoms with Gasteiger partial charge in [-0.1, -0.05) is 5.16 Å². The number of ether oxygens (including phenoxy) is 1. The monoisotopic (exact) mass is 389 g/mol. The quantitative estimate of drug-likeness (QED) is 0.586. The van der Waals surface area contributed by atoms with E-state index in [0.717, 1.165) is 18.6 Å². The lowest BCUT2D eigenvalue weighted by atomic mass is 10.0. The first-order chi connectivity index (χ1) is 12.4. The van der Waals surface area contributed by atoms with Crippen LogP contribution in [-0.2, 0) is 4.74 Å². The summed E-state index contributed by atoms with van der Waals surface area (Å²) in [4.78, 5) is 12.4. The molecule has 1 unspecified atom stereocenters. The first-order valence-electron chi connectivity index (χ1n) is 9.20. The van der Waals surface area contributed by atoms with Crippen LogP contribution in [0.2, 0.25) is 0 Å². The number of nitrogens with zero attached hydrogens (tertiary/aromatic N) is 2. The number of nitrogens with one attached hydrogen (secondary N) is 1. The Balaban J connectivity index is 0.00000261. The smallest absolute Gasteiger partial charge is 0.273 e. The number of hydrogen-bond donors (Lipinski definition) is 3. The van der Waals surface area contributed by atoms with Gasteiger partial charge in [0.1, 0.15) is 5.76 Å². The number of methoxy groups -OCH3 is 1. The fourth-order valence-electron chi connectivity index (χ4n) is 3.45. The van der Waals surface area contributed by atoms with Crippen LogP contribution in [-0.4, -0.2) is 62.6 Å². The summed E-state index contributed by atoms with van der Waals surface area (Å²) in [5.41, 5.74) is 0.325. The largest absolute Gasteiger partial charge is 0.385 e. The van der Waals surface area contributed by atoms with Gasteiger partial charge in [-0.3, -0.25) is 13.9 Å². The molecule has 0 aromatic carbocycles. The first-order valence-corrected chi connectivity index (χ1v) is 10.9. The number of piperidine rings is 1.